The quantitative estimate of drug-likeness (QED) is 0.845. The van der Waals surface area contributed by atoms with E-state index in [-0.39, 0.29) is 18.2 Å². The van der Waals surface area contributed by atoms with Crippen molar-refractivity contribution in [1.82, 2.24) is 4.98 Å². The molecule has 0 radical (unpaired) electrons. The molecule has 1 aromatic heterocycles. The van der Waals surface area contributed by atoms with Crippen LogP contribution in [0.1, 0.15) is 39.3 Å². The van der Waals surface area contributed by atoms with Crippen molar-refractivity contribution >= 4 is 0 Å². The van der Waals surface area contributed by atoms with Crippen molar-refractivity contribution in [2.75, 3.05) is 7.11 Å². The molecule has 0 bridgehead atoms. The molecule has 0 fully saturated rings. The second kappa shape index (κ2) is 6.71. The number of hydrogen-bond donors (Lipinski definition) is 1. The fraction of sp³-hybridized carbons (Fsp3) is 0.643. The lowest BCUT2D eigenvalue weighted by atomic mass is 9.95. The number of nitrogens with zero attached hydrogens (tertiary/aromatic N) is 1. The fourth-order valence-electron chi connectivity index (χ4n) is 1.98. The Morgan fingerprint density at radius 1 is 1.17 bits per heavy atom. The Bertz CT molecular complexity index is 367. The lowest BCUT2D eigenvalue weighted by Gasteiger charge is -2.26. The van der Waals surface area contributed by atoms with Crippen molar-refractivity contribution in [2.24, 2.45) is 11.7 Å². The van der Waals surface area contributed by atoms with Gasteiger partial charge in [-0.3, -0.25) is 4.98 Å². The van der Waals surface area contributed by atoms with E-state index < -0.39 is 0 Å². The van der Waals surface area contributed by atoms with Gasteiger partial charge in [0.2, 0.25) is 0 Å². The minimum Gasteiger partial charge on any atom is -0.489 e. The summed E-state index contributed by atoms with van der Waals surface area (Å²) in [5.41, 5.74) is 7.17. The fourth-order valence-corrected chi connectivity index (χ4v) is 1.98. The summed E-state index contributed by atoms with van der Waals surface area (Å²) in [7, 11) is 1.69. The smallest absolute Gasteiger partial charge is 0.138 e. The molecule has 1 heterocycles. The molecule has 0 aliphatic carbocycles. The predicted molar refractivity (Wildman–Crippen MR) is 72.6 cm³/mol. The van der Waals surface area contributed by atoms with Gasteiger partial charge in [0, 0.05) is 13.3 Å². The maximum atomic E-state index is 6.23. The summed E-state index contributed by atoms with van der Waals surface area (Å²) in [6.07, 6.45) is 3.57. The van der Waals surface area contributed by atoms with Gasteiger partial charge < -0.3 is 15.2 Å². The van der Waals surface area contributed by atoms with E-state index >= 15 is 0 Å². The average Bonchev–Trinajstić information content (AvgIpc) is 2.28. The minimum absolute atomic E-state index is 0.0268. The SMILES string of the molecule is COC(C(C)C)C(N)c1cncc(OC(C)C)c1. The molecule has 0 aromatic carbocycles. The molecule has 2 N–H and O–H groups in total. The van der Waals surface area contributed by atoms with Crippen LogP contribution in [0.4, 0.5) is 0 Å². The van der Waals surface area contributed by atoms with Crippen LogP contribution >= 0.6 is 0 Å². The summed E-state index contributed by atoms with van der Waals surface area (Å²) < 4.78 is 11.1. The first-order chi connectivity index (χ1) is 8.45. The second-order valence-corrected chi connectivity index (χ2v) is 5.09. The largest absolute Gasteiger partial charge is 0.489 e. The molecular formula is C14H24N2O2. The molecule has 0 aliphatic rings. The molecule has 0 amide bonds. The van der Waals surface area contributed by atoms with Crippen LogP contribution in [0.15, 0.2) is 18.5 Å². The van der Waals surface area contributed by atoms with Gasteiger partial charge in [0.05, 0.1) is 24.4 Å². The number of pyridine rings is 1. The van der Waals surface area contributed by atoms with Gasteiger partial charge in [-0.25, -0.2) is 0 Å². The molecule has 1 rings (SSSR count). The highest BCUT2D eigenvalue weighted by Crippen LogP contribution is 2.24. The van der Waals surface area contributed by atoms with Crippen molar-refractivity contribution in [3.63, 3.8) is 0 Å². The summed E-state index contributed by atoms with van der Waals surface area (Å²) in [6, 6.07) is 1.74. The van der Waals surface area contributed by atoms with Crippen LogP contribution in [0.3, 0.4) is 0 Å². The van der Waals surface area contributed by atoms with E-state index in [0.717, 1.165) is 11.3 Å². The Morgan fingerprint density at radius 3 is 2.33 bits per heavy atom. The van der Waals surface area contributed by atoms with E-state index in [2.05, 4.69) is 18.8 Å². The second-order valence-electron chi connectivity index (χ2n) is 5.09. The van der Waals surface area contributed by atoms with Gasteiger partial charge >= 0.3 is 0 Å². The van der Waals surface area contributed by atoms with Crippen molar-refractivity contribution in [1.29, 1.82) is 0 Å². The van der Waals surface area contributed by atoms with Crippen molar-refractivity contribution < 1.29 is 9.47 Å². The van der Waals surface area contributed by atoms with Crippen molar-refractivity contribution in [2.45, 2.75) is 45.9 Å². The molecular weight excluding hydrogens is 228 g/mol. The average molecular weight is 252 g/mol. The highest BCUT2D eigenvalue weighted by Gasteiger charge is 2.23. The van der Waals surface area contributed by atoms with Gasteiger partial charge in [-0.2, -0.15) is 0 Å². The van der Waals surface area contributed by atoms with Gasteiger partial charge in [0.1, 0.15) is 5.75 Å². The molecule has 0 saturated carbocycles. The van der Waals surface area contributed by atoms with Crippen LogP contribution in [-0.2, 0) is 4.74 Å². The summed E-state index contributed by atoms with van der Waals surface area (Å²) in [6.45, 7) is 8.16. The van der Waals surface area contributed by atoms with Gasteiger partial charge in [0.25, 0.3) is 0 Å². The molecule has 2 atom stereocenters. The minimum atomic E-state index is -0.196. The molecule has 4 heteroatoms. The molecule has 0 aliphatic heterocycles. The molecule has 18 heavy (non-hydrogen) atoms. The first-order valence-electron chi connectivity index (χ1n) is 6.35. The zero-order chi connectivity index (χ0) is 13.7. The first-order valence-corrected chi connectivity index (χ1v) is 6.35. The molecule has 102 valence electrons. The van der Waals surface area contributed by atoms with E-state index in [0.29, 0.717) is 5.92 Å². The molecule has 0 spiro atoms. The Kier molecular flexibility index (Phi) is 5.56. The van der Waals surface area contributed by atoms with Crippen LogP contribution in [0, 0.1) is 5.92 Å². The number of rotatable bonds is 6. The Balaban J connectivity index is 2.88. The number of methoxy groups -OCH3 is 1. The molecule has 1 aromatic rings. The molecule has 2 unspecified atom stereocenters. The normalized spacial score (nSPS) is 14.9. The highest BCUT2D eigenvalue weighted by molar-refractivity contribution is 5.26. The Hall–Kier alpha value is -1.13. The standard InChI is InChI=1S/C14H24N2O2/c1-9(2)14(17-5)13(15)11-6-12(8-16-7-11)18-10(3)4/h6-10,13-14H,15H2,1-5H3. The number of nitrogens with two attached hydrogens (primary N) is 1. The van der Waals surface area contributed by atoms with Crippen molar-refractivity contribution in [3.05, 3.63) is 24.0 Å². The Morgan fingerprint density at radius 2 is 1.83 bits per heavy atom. The van der Waals surface area contributed by atoms with E-state index in [4.69, 9.17) is 15.2 Å². The van der Waals surface area contributed by atoms with Crippen LogP contribution in [0.25, 0.3) is 0 Å². The van der Waals surface area contributed by atoms with E-state index in [9.17, 15) is 0 Å². The van der Waals surface area contributed by atoms with Crippen LogP contribution < -0.4 is 10.5 Å². The predicted octanol–water partition coefficient (Wildman–Crippen LogP) is 2.54. The topological polar surface area (TPSA) is 57.4 Å². The van der Waals surface area contributed by atoms with E-state index in [1.165, 1.54) is 0 Å². The number of ether oxygens (including phenoxy) is 2. The lowest BCUT2D eigenvalue weighted by molar-refractivity contribution is 0.0435. The summed E-state index contributed by atoms with van der Waals surface area (Å²) >= 11 is 0. The van der Waals surface area contributed by atoms with Crippen LogP contribution in [0.5, 0.6) is 5.75 Å². The van der Waals surface area contributed by atoms with Crippen LogP contribution in [-0.4, -0.2) is 24.3 Å². The summed E-state index contributed by atoms with van der Waals surface area (Å²) in [5, 5.41) is 0. The number of hydrogen-bond acceptors (Lipinski definition) is 4. The van der Waals surface area contributed by atoms with E-state index in [1.807, 2.05) is 19.9 Å². The van der Waals surface area contributed by atoms with Gasteiger partial charge in [0.15, 0.2) is 0 Å². The van der Waals surface area contributed by atoms with E-state index in [1.54, 1.807) is 19.5 Å². The summed E-state index contributed by atoms with van der Waals surface area (Å²) in [5.74, 6) is 1.09. The highest BCUT2D eigenvalue weighted by atomic mass is 16.5. The zero-order valence-corrected chi connectivity index (χ0v) is 11.9. The third-order valence-electron chi connectivity index (χ3n) is 2.77. The van der Waals surface area contributed by atoms with Gasteiger partial charge in [-0.1, -0.05) is 13.8 Å². The molecule has 4 nitrogen and oxygen atoms in total. The maximum absolute atomic E-state index is 6.23. The number of aromatic nitrogens is 1. The monoisotopic (exact) mass is 252 g/mol. The van der Waals surface area contributed by atoms with Crippen LogP contribution in [0.2, 0.25) is 0 Å². The lowest BCUT2D eigenvalue weighted by Crippen LogP contribution is -2.32. The van der Waals surface area contributed by atoms with Crippen molar-refractivity contribution in [3.8, 4) is 5.75 Å². The summed E-state index contributed by atoms with van der Waals surface area (Å²) in [4.78, 5) is 4.17. The third-order valence-corrected chi connectivity index (χ3v) is 2.77. The third kappa shape index (κ3) is 3.96. The zero-order valence-electron chi connectivity index (χ0n) is 11.9. The van der Waals surface area contributed by atoms with Gasteiger partial charge in [-0.15, -0.1) is 0 Å². The van der Waals surface area contributed by atoms with Gasteiger partial charge in [-0.05, 0) is 31.4 Å². The first kappa shape index (κ1) is 14.9. The maximum Gasteiger partial charge on any atom is 0.138 e. The molecule has 0 saturated heterocycles. The Labute approximate surface area is 110 Å².